The normalized spacial score (nSPS) is 17.8. The molecule has 38 heavy (non-hydrogen) atoms. The molecule has 2 aromatic heterocycles. The Morgan fingerprint density at radius 1 is 1.24 bits per heavy atom. The van der Waals surface area contributed by atoms with E-state index in [1.54, 1.807) is 29.8 Å². The number of aromatic nitrogens is 1. The minimum absolute atomic E-state index is 0.188. The average molecular weight is 567 g/mol. The van der Waals surface area contributed by atoms with Crippen molar-refractivity contribution in [2.75, 3.05) is 57.8 Å². The van der Waals surface area contributed by atoms with Gasteiger partial charge < -0.3 is 20.3 Å². The van der Waals surface area contributed by atoms with Crippen LogP contribution in [0.15, 0.2) is 48.1 Å². The molecule has 0 radical (unpaired) electrons. The Kier molecular flexibility index (Phi) is 8.50. The number of likely N-dealkylation sites (tertiary alicyclic amines) is 1. The Labute approximate surface area is 233 Å². The number of rotatable bonds is 7. The number of nitrogens with one attached hydrogen (secondary N) is 2. The third kappa shape index (κ3) is 5.82. The molecule has 1 fully saturated rings. The SMILES string of the molecule is COc1cc(P(C)C)ccc1NCC#Cc1sc2c(NC3CCN(C)CC3F)cccc2c1-c1cncs1. The van der Waals surface area contributed by atoms with Gasteiger partial charge >= 0.3 is 0 Å². The smallest absolute Gasteiger partial charge is 0.142 e. The van der Waals surface area contributed by atoms with Gasteiger partial charge in [0.15, 0.2) is 0 Å². The van der Waals surface area contributed by atoms with Crippen molar-refractivity contribution < 1.29 is 9.13 Å². The van der Waals surface area contributed by atoms with Crippen LogP contribution in [0, 0.1) is 11.8 Å². The van der Waals surface area contributed by atoms with E-state index in [4.69, 9.17) is 4.74 Å². The van der Waals surface area contributed by atoms with E-state index in [0.717, 1.165) is 55.5 Å². The lowest BCUT2D eigenvalue weighted by Crippen LogP contribution is -2.46. The Morgan fingerprint density at radius 3 is 2.84 bits per heavy atom. The van der Waals surface area contributed by atoms with Gasteiger partial charge in [-0.25, -0.2) is 4.39 Å². The molecule has 2 N–H and O–H groups in total. The fourth-order valence-corrected chi connectivity index (χ4v) is 7.36. The molecule has 2 unspecified atom stereocenters. The first-order valence-electron chi connectivity index (χ1n) is 12.6. The lowest BCUT2D eigenvalue weighted by Gasteiger charge is -2.33. The summed E-state index contributed by atoms with van der Waals surface area (Å²) in [7, 11) is 3.48. The summed E-state index contributed by atoms with van der Waals surface area (Å²) >= 11 is 3.27. The summed E-state index contributed by atoms with van der Waals surface area (Å²) in [4.78, 5) is 8.44. The summed E-state index contributed by atoms with van der Waals surface area (Å²) in [5.41, 5.74) is 4.86. The molecule has 1 saturated heterocycles. The molecular formula is C29H32FN4OPS2. The fourth-order valence-electron chi connectivity index (χ4n) is 4.69. The number of thiophene rings is 1. The highest BCUT2D eigenvalue weighted by Crippen LogP contribution is 2.43. The van der Waals surface area contributed by atoms with Crippen molar-refractivity contribution in [2.24, 2.45) is 0 Å². The Balaban J connectivity index is 1.43. The molecule has 9 heteroatoms. The van der Waals surface area contributed by atoms with Crippen molar-refractivity contribution in [1.82, 2.24) is 9.88 Å². The van der Waals surface area contributed by atoms with Crippen LogP contribution in [-0.4, -0.2) is 69.2 Å². The number of hydrogen-bond acceptors (Lipinski definition) is 7. The molecule has 1 aliphatic heterocycles. The maximum Gasteiger partial charge on any atom is 0.142 e. The van der Waals surface area contributed by atoms with E-state index in [2.05, 4.69) is 65.1 Å². The molecule has 4 aromatic rings. The quantitative estimate of drug-likeness (QED) is 0.203. The number of halogens is 1. The number of alkyl halides is 1. The maximum absolute atomic E-state index is 14.8. The number of thiazole rings is 1. The summed E-state index contributed by atoms with van der Waals surface area (Å²) in [6, 6.07) is 12.3. The van der Waals surface area contributed by atoms with Gasteiger partial charge in [0.05, 0.1) is 51.0 Å². The van der Waals surface area contributed by atoms with Crippen molar-refractivity contribution in [1.29, 1.82) is 0 Å². The minimum Gasteiger partial charge on any atom is -0.495 e. The van der Waals surface area contributed by atoms with E-state index < -0.39 is 6.17 Å². The van der Waals surface area contributed by atoms with E-state index in [-0.39, 0.29) is 14.0 Å². The van der Waals surface area contributed by atoms with Crippen LogP contribution in [0.25, 0.3) is 20.5 Å². The fraction of sp³-hybridized carbons (Fsp3) is 0.345. The number of fused-ring (bicyclic) bond motifs is 1. The molecule has 0 spiro atoms. The van der Waals surface area contributed by atoms with Gasteiger partial charge in [0.25, 0.3) is 0 Å². The maximum atomic E-state index is 14.8. The van der Waals surface area contributed by atoms with E-state index in [9.17, 15) is 4.39 Å². The minimum atomic E-state index is -0.900. The monoisotopic (exact) mass is 566 g/mol. The molecule has 3 heterocycles. The lowest BCUT2D eigenvalue weighted by molar-refractivity contribution is 0.149. The highest BCUT2D eigenvalue weighted by Gasteiger charge is 2.28. The molecule has 5 nitrogen and oxygen atoms in total. The number of nitrogens with zero attached hydrogens (tertiary/aromatic N) is 2. The zero-order valence-corrected chi connectivity index (χ0v) is 24.6. The van der Waals surface area contributed by atoms with Gasteiger partial charge in [-0.1, -0.05) is 38.0 Å². The van der Waals surface area contributed by atoms with Crippen molar-refractivity contribution in [2.45, 2.75) is 18.6 Å². The third-order valence-electron chi connectivity index (χ3n) is 6.75. The molecule has 198 valence electrons. The van der Waals surface area contributed by atoms with E-state index in [1.807, 2.05) is 35.8 Å². The first kappa shape index (κ1) is 26.9. The van der Waals surface area contributed by atoms with Crippen LogP contribution in [0.2, 0.25) is 0 Å². The van der Waals surface area contributed by atoms with Crippen LogP contribution in [0.4, 0.5) is 15.8 Å². The van der Waals surface area contributed by atoms with Gasteiger partial charge in [0.2, 0.25) is 0 Å². The predicted molar refractivity (Wildman–Crippen MR) is 164 cm³/mol. The summed E-state index contributed by atoms with van der Waals surface area (Å²) in [6.45, 7) is 6.31. The molecule has 2 atom stereocenters. The summed E-state index contributed by atoms with van der Waals surface area (Å²) in [5, 5.41) is 9.35. The zero-order valence-electron chi connectivity index (χ0n) is 22.0. The van der Waals surface area contributed by atoms with Gasteiger partial charge in [-0.2, -0.15) is 0 Å². The van der Waals surface area contributed by atoms with Crippen LogP contribution in [0.1, 0.15) is 11.3 Å². The number of hydrogen-bond donors (Lipinski definition) is 2. The second-order valence-electron chi connectivity index (χ2n) is 9.61. The predicted octanol–water partition coefficient (Wildman–Crippen LogP) is 6.32. The number of benzene rings is 2. The largest absolute Gasteiger partial charge is 0.495 e. The molecule has 1 aliphatic rings. The number of piperidine rings is 1. The molecule has 2 aromatic carbocycles. The molecule has 0 saturated carbocycles. The van der Waals surface area contributed by atoms with Crippen molar-refractivity contribution >= 4 is 57.4 Å². The molecule has 0 bridgehead atoms. The number of methoxy groups -OCH3 is 1. The van der Waals surface area contributed by atoms with Crippen LogP contribution in [0.3, 0.4) is 0 Å². The number of ether oxygens (including phenoxy) is 1. The van der Waals surface area contributed by atoms with Crippen LogP contribution >= 0.6 is 30.6 Å². The first-order chi connectivity index (χ1) is 18.4. The standard InChI is InChI=1S/C29H32FN4OPS2/c1-34-14-12-22(21(30)17-34)33-24-8-5-7-20-28(27-16-31-18-37-27)26(38-29(20)24)9-6-13-32-23-11-10-19(36(3)4)15-25(23)35-2/h5,7-8,10-11,15-16,18,21-22,32-33H,12-14,17H2,1-4H3. The lowest BCUT2D eigenvalue weighted by atomic mass is 10.0. The van der Waals surface area contributed by atoms with Crippen molar-refractivity contribution in [3.05, 3.63) is 53.0 Å². The third-order valence-corrected chi connectivity index (χ3v) is 10.0. The van der Waals surface area contributed by atoms with E-state index in [1.165, 1.54) is 5.30 Å². The van der Waals surface area contributed by atoms with Crippen LogP contribution in [-0.2, 0) is 0 Å². The van der Waals surface area contributed by atoms with Gasteiger partial charge in [-0.3, -0.25) is 4.98 Å². The van der Waals surface area contributed by atoms with Gasteiger partial charge in [-0.05, 0) is 50.3 Å². The second-order valence-corrected chi connectivity index (χ2v) is 13.8. The highest BCUT2D eigenvalue weighted by atomic mass is 32.1. The van der Waals surface area contributed by atoms with Gasteiger partial charge in [-0.15, -0.1) is 22.7 Å². The van der Waals surface area contributed by atoms with Crippen molar-refractivity contribution in [3.8, 4) is 28.0 Å². The van der Waals surface area contributed by atoms with Gasteiger partial charge in [0, 0.05) is 30.2 Å². The summed E-state index contributed by atoms with van der Waals surface area (Å²) in [5.74, 6) is 7.56. The molecular weight excluding hydrogens is 534 g/mol. The molecule has 0 aliphatic carbocycles. The second kappa shape index (κ2) is 12.0. The van der Waals surface area contributed by atoms with Crippen molar-refractivity contribution in [3.63, 3.8) is 0 Å². The molecule has 0 amide bonds. The highest BCUT2D eigenvalue weighted by molar-refractivity contribution is 7.64. The van der Waals surface area contributed by atoms with Gasteiger partial charge in [0.1, 0.15) is 11.9 Å². The Bertz CT molecular complexity index is 1460. The Morgan fingerprint density at radius 2 is 2.11 bits per heavy atom. The average Bonchev–Trinajstić information content (AvgIpc) is 3.56. The van der Waals surface area contributed by atoms with Crippen LogP contribution in [0.5, 0.6) is 5.75 Å². The zero-order chi connectivity index (χ0) is 26.6. The first-order valence-corrected chi connectivity index (χ1v) is 16.5. The Hall–Kier alpha value is -2.69. The summed E-state index contributed by atoms with van der Waals surface area (Å²) < 4.78 is 21.5. The van der Waals surface area contributed by atoms with E-state index >= 15 is 0 Å². The van der Waals surface area contributed by atoms with Crippen LogP contribution < -0.4 is 20.7 Å². The summed E-state index contributed by atoms with van der Waals surface area (Å²) in [6.07, 6.45) is 1.78. The number of anilines is 2. The van der Waals surface area contributed by atoms with E-state index in [0.29, 0.717) is 13.1 Å². The molecule has 5 rings (SSSR count). The topological polar surface area (TPSA) is 49.4 Å².